The average molecular weight is 857 g/mol. The molecule has 2 saturated heterocycles. The Hall–Kier alpha value is -6.33. The smallest absolute Gasteiger partial charge is 0.411 e. The van der Waals surface area contributed by atoms with Crippen LogP contribution in [0.3, 0.4) is 0 Å². The number of carbonyl (C=O) groups is 3. The maximum atomic E-state index is 15.9. The lowest BCUT2D eigenvalue weighted by molar-refractivity contribution is -0.286. The molecule has 5 aromatic rings. The summed E-state index contributed by atoms with van der Waals surface area (Å²) in [6.07, 6.45) is -12.1. The number of carbonyl (C=O) groups excluding carboxylic acids is 2. The van der Waals surface area contributed by atoms with Crippen LogP contribution in [0.15, 0.2) is 70.6 Å². The molecule has 7 atom stereocenters. The van der Waals surface area contributed by atoms with E-state index in [9.17, 15) is 57.6 Å². The highest BCUT2D eigenvalue weighted by Crippen LogP contribution is 2.33. The number of ether oxygens (including phenoxy) is 3. The van der Waals surface area contributed by atoms with Crippen molar-refractivity contribution in [3.05, 3.63) is 104 Å². The number of carboxylic acid groups (broad SMARTS) is 1. The van der Waals surface area contributed by atoms with E-state index in [2.05, 4.69) is 15.3 Å². The van der Waals surface area contributed by atoms with Crippen LogP contribution in [0.2, 0.25) is 0 Å². The van der Waals surface area contributed by atoms with Crippen LogP contribution in [0, 0.1) is 12.7 Å². The van der Waals surface area contributed by atoms with Crippen LogP contribution in [-0.2, 0) is 37.3 Å². The molecule has 3 aromatic heterocycles. The van der Waals surface area contributed by atoms with Crippen molar-refractivity contribution in [2.24, 2.45) is 7.05 Å². The molecule has 2 aliphatic heterocycles. The second-order valence-electron chi connectivity index (χ2n) is 14.4. The molecule has 2 fully saturated rings. The normalized spacial score (nSPS) is 22.5. The number of hydrogen-bond acceptors (Lipinski definition) is 14. The minimum atomic E-state index is -4.74. The molecule has 322 valence electrons. The van der Waals surface area contributed by atoms with Gasteiger partial charge in [0.05, 0.1) is 47.1 Å². The maximum absolute atomic E-state index is 15.9. The first-order chi connectivity index (χ1) is 28.9. The molecular weight excluding hydrogens is 820 g/mol. The number of aryl methyl sites for hydroxylation is 2. The van der Waals surface area contributed by atoms with Gasteiger partial charge in [-0.05, 0) is 48.4 Å². The number of amides is 1. The van der Waals surface area contributed by atoms with Crippen LogP contribution in [0.25, 0.3) is 27.5 Å². The second-order valence-corrected chi connectivity index (χ2v) is 14.4. The summed E-state index contributed by atoms with van der Waals surface area (Å²) in [4.78, 5) is 76.2. The summed E-state index contributed by atoms with van der Waals surface area (Å²) >= 11 is 0. The van der Waals surface area contributed by atoms with E-state index in [1.54, 1.807) is 0 Å². The van der Waals surface area contributed by atoms with Gasteiger partial charge < -0.3 is 44.9 Å². The number of rotatable bonds is 9. The number of benzene rings is 2. The largest absolute Gasteiger partial charge is 0.479 e. The number of alkyl halides is 3. The highest BCUT2D eigenvalue weighted by Gasteiger charge is 2.49. The van der Waals surface area contributed by atoms with Crippen molar-refractivity contribution in [2.75, 3.05) is 24.7 Å². The summed E-state index contributed by atoms with van der Waals surface area (Å²) in [7, 11) is 1.44. The summed E-state index contributed by atoms with van der Waals surface area (Å²) in [5, 5.41) is 43.3. The predicted octanol–water partition coefficient (Wildman–Crippen LogP) is 0.624. The molecule has 5 heterocycles. The number of morpholine rings is 1. The highest BCUT2D eigenvalue weighted by atomic mass is 19.4. The third-order valence-electron chi connectivity index (χ3n) is 10.5. The van der Waals surface area contributed by atoms with Crippen LogP contribution in [0.4, 0.5) is 23.2 Å². The SMILES string of the molecule is Cc1cc(N2CCOC[C@@H]2C(F)(F)F)cc(F)c1C(=O)N[C@@H](Cc1ccc(-n2c(=O)c3ccncc3n(C)c2=O)c2ncccc12)C(=O)O[C@@H]1O[C@H](C(=O)O)[C@@H](O)[C@H](O)[C@H]1O. The quantitative estimate of drug-likeness (QED) is 0.101. The van der Waals surface area contributed by atoms with Gasteiger partial charge in [0.25, 0.3) is 11.5 Å². The molecule has 22 heteroatoms. The second kappa shape index (κ2) is 16.6. The van der Waals surface area contributed by atoms with E-state index in [0.717, 1.165) is 21.6 Å². The van der Waals surface area contributed by atoms with E-state index in [1.165, 1.54) is 67.5 Å². The molecule has 61 heavy (non-hydrogen) atoms. The van der Waals surface area contributed by atoms with Crippen molar-refractivity contribution < 1.29 is 66.6 Å². The standard InChI is InChI=1S/C39H36F4N6O12/c1-17-12-19(48-10-11-59-16-26(48)39(41,42)43)14-22(40)27(17)33(53)46-23(36(57)61-37-31(52)29(50)30(51)32(60-37)35(55)56)13-18-5-6-24(28-20(18)4-3-8-45-28)49-34(54)21-7-9-44-15-25(21)47(2)38(49)58/h3-9,12,14-15,23,26,29-32,37,50-52H,10-11,13,16H2,1-2H3,(H,46,53)(H,55,56)/t23-,26+,29-,30-,31+,32-,37-/m0/s1. The Morgan fingerprint density at radius 3 is 2.49 bits per heavy atom. The van der Waals surface area contributed by atoms with Crippen molar-refractivity contribution in [1.29, 1.82) is 0 Å². The van der Waals surface area contributed by atoms with Crippen LogP contribution < -0.4 is 21.5 Å². The van der Waals surface area contributed by atoms with Gasteiger partial charge in [-0.15, -0.1) is 0 Å². The first-order valence-corrected chi connectivity index (χ1v) is 18.5. The molecule has 0 bridgehead atoms. The number of aliphatic hydroxyl groups is 3. The predicted molar refractivity (Wildman–Crippen MR) is 202 cm³/mol. The van der Waals surface area contributed by atoms with Gasteiger partial charge in [0, 0.05) is 43.5 Å². The number of carboxylic acids is 1. The van der Waals surface area contributed by atoms with Crippen molar-refractivity contribution >= 4 is 45.3 Å². The molecule has 0 saturated carbocycles. The molecule has 0 aliphatic carbocycles. The number of fused-ring (bicyclic) bond motifs is 2. The molecule has 2 aromatic carbocycles. The lowest BCUT2D eigenvalue weighted by Gasteiger charge is -2.38. The number of pyridine rings is 2. The Morgan fingerprint density at radius 1 is 1.03 bits per heavy atom. The molecule has 0 spiro atoms. The van der Waals surface area contributed by atoms with Gasteiger partial charge >= 0.3 is 23.8 Å². The van der Waals surface area contributed by atoms with E-state index in [-0.39, 0.29) is 57.5 Å². The number of nitrogens with one attached hydrogen (secondary N) is 1. The lowest BCUT2D eigenvalue weighted by Crippen LogP contribution is -2.61. The van der Waals surface area contributed by atoms with Crippen molar-refractivity contribution in [1.82, 2.24) is 24.4 Å². The fraction of sp³-hybridized carbons (Fsp3) is 0.359. The molecule has 18 nitrogen and oxygen atoms in total. The average Bonchev–Trinajstić information content (AvgIpc) is 3.22. The number of nitrogens with zero attached hydrogens (tertiary/aromatic N) is 5. The zero-order valence-corrected chi connectivity index (χ0v) is 31.9. The minimum absolute atomic E-state index is 0.0311. The van der Waals surface area contributed by atoms with Gasteiger partial charge in [0.2, 0.25) is 6.29 Å². The third kappa shape index (κ3) is 8.02. The first-order valence-electron chi connectivity index (χ1n) is 18.5. The molecule has 0 unspecified atom stereocenters. The van der Waals surface area contributed by atoms with Gasteiger partial charge in [-0.1, -0.05) is 12.1 Å². The van der Waals surface area contributed by atoms with Gasteiger partial charge in [-0.2, -0.15) is 13.2 Å². The zero-order chi connectivity index (χ0) is 44.1. The fourth-order valence-corrected chi connectivity index (χ4v) is 7.44. The van der Waals surface area contributed by atoms with Crippen LogP contribution in [-0.4, -0.2) is 126 Å². The van der Waals surface area contributed by atoms with Gasteiger partial charge in [0.15, 0.2) is 6.10 Å². The monoisotopic (exact) mass is 856 g/mol. The summed E-state index contributed by atoms with van der Waals surface area (Å²) < 4.78 is 74.9. The topological polar surface area (TPSA) is 245 Å². The van der Waals surface area contributed by atoms with E-state index in [4.69, 9.17) is 14.2 Å². The number of aliphatic hydroxyl groups excluding tert-OH is 3. The van der Waals surface area contributed by atoms with E-state index in [0.29, 0.717) is 0 Å². The van der Waals surface area contributed by atoms with Crippen molar-refractivity contribution in [2.45, 2.75) is 62.3 Å². The Morgan fingerprint density at radius 2 is 1.79 bits per heavy atom. The minimum Gasteiger partial charge on any atom is -0.479 e. The Labute approximate surface area is 340 Å². The number of halogens is 4. The molecule has 7 rings (SSSR count). The lowest BCUT2D eigenvalue weighted by atomic mass is 9.98. The van der Waals surface area contributed by atoms with Crippen molar-refractivity contribution in [3.8, 4) is 5.69 Å². The van der Waals surface area contributed by atoms with Crippen LogP contribution in [0.1, 0.15) is 21.5 Å². The number of anilines is 1. The fourth-order valence-electron chi connectivity index (χ4n) is 7.44. The first kappa shape index (κ1) is 42.8. The maximum Gasteiger partial charge on any atom is 0.411 e. The van der Waals surface area contributed by atoms with E-state index < -0.39 is 102 Å². The van der Waals surface area contributed by atoms with Crippen molar-refractivity contribution in [3.63, 3.8) is 0 Å². The third-order valence-corrected chi connectivity index (χ3v) is 10.5. The Bertz CT molecular complexity index is 2650. The van der Waals surface area contributed by atoms with Gasteiger partial charge in [-0.3, -0.25) is 24.1 Å². The molecule has 2 aliphatic rings. The van der Waals surface area contributed by atoms with Gasteiger partial charge in [0.1, 0.15) is 36.2 Å². The van der Waals surface area contributed by atoms with E-state index >= 15 is 4.39 Å². The molecular formula is C39H36F4N6O12. The Balaban J connectivity index is 1.27. The number of aromatic nitrogens is 4. The molecule has 0 radical (unpaired) electrons. The Kier molecular flexibility index (Phi) is 11.7. The van der Waals surface area contributed by atoms with Gasteiger partial charge in [-0.25, -0.2) is 23.3 Å². The van der Waals surface area contributed by atoms with Crippen LogP contribution in [0.5, 0.6) is 0 Å². The van der Waals surface area contributed by atoms with Crippen LogP contribution >= 0.6 is 0 Å². The number of aliphatic carboxylic acids is 1. The molecule has 1 amide bonds. The summed E-state index contributed by atoms with van der Waals surface area (Å²) in [6.45, 7) is 0.225. The number of esters is 1. The summed E-state index contributed by atoms with van der Waals surface area (Å²) in [5.41, 5.74) is -1.85. The summed E-state index contributed by atoms with van der Waals surface area (Å²) in [6, 6.07) is 5.15. The van der Waals surface area contributed by atoms with E-state index in [1.807, 2.05) is 0 Å². The zero-order valence-electron chi connectivity index (χ0n) is 31.9. The number of hydrogen-bond donors (Lipinski definition) is 5. The molecule has 5 N–H and O–H groups in total. The summed E-state index contributed by atoms with van der Waals surface area (Å²) in [5.74, 6) is -5.71. The highest BCUT2D eigenvalue weighted by molar-refractivity contribution is 5.99.